The summed E-state index contributed by atoms with van der Waals surface area (Å²) in [5.41, 5.74) is 2.61. The summed E-state index contributed by atoms with van der Waals surface area (Å²) in [7, 11) is -3.53. The van der Waals surface area contributed by atoms with E-state index in [9.17, 15) is 13.2 Å². The zero-order chi connectivity index (χ0) is 18.6. The second-order valence-corrected chi connectivity index (χ2v) is 8.51. The van der Waals surface area contributed by atoms with E-state index in [-0.39, 0.29) is 16.8 Å². The van der Waals surface area contributed by atoms with Crippen molar-refractivity contribution in [3.05, 3.63) is 65.2 Å². The molecule has 1 fully saturated rings. The van der Waals surface area contributed by atoms with Gasteiger partial charge in [-0.25, -0.2) is 13.1 Å². The van der Waals surface area contributed by atoms with Gasteiger partial charge in [0.25, 0.3) is 5.91 Å². The van der Waals surface area contributed by atoms with E-state index in [2.05, 4.69) is 10.0 Å². The predicted octanol–water partition coefficient (Wildman–Crippen LogP) is 3.15. The molecule has 0 aliphatic heterocycles. The zero-order valence-electron chi connectivity index (χ0n) is 14.9. The second-order valence-electron chi connectivity index (χ2n) is 6.80. The van der Waals surface area contributed by atoms with Gasteiger partial charge in [0.2, 0.25) is 10.0 Å². The Morgan fingerprint density at radius 3 is 2.42 bits per heavy atom. The van der Waals surface area contributed by atoms with E-state index in [1.54, 1.807) is 12.1 Å². The second kappa shape index (κ2) is 8.01. The van der Waals surface area contributed by atoms with Gasteiger partial charge in [0.15, 0.2) is 0 Å². The van der Waals surface area contributed by atoms with Gasteiger partial charge < -0.3 is 5.32 Å². The average molecular weight is 372 g/mol. The molecule has 0 aromatic heterocycles. The fourth-order valence-electron chi connectivity index (χ4n) is 3.22. The lowest BCUT2D eigenvalue weighted by molar-refractivity contribution is 0.0951. The van der Waals surface area contributed by atoms with Gasteiger partial charge in [0.1, 0.15) is 0 Å². The van der Waals surface area contributed by atoms with Crippen molar-refractivity contribution >= 4 is 15.9 Å². The molecule has 0 unspecified atom stereocenters. The Bertz CT molecular complexity index is 870. The summed E-state index contributed by atoms with van der Waals surface area (Å²) < 4.78 is 27.5. The highest BCUT2D eigenvalue weighted by Crippen LogP contribution is 2.20. The van der Waals surface area contributed by atoms with Crippen LogP contribution in [0.3, 0.4) is 0 Å². The minimum absolute atomic E-state index is 0.0253. The maximum atomic E-state index is 12.4. The van der Waals surface area contributed by atoms with Crippen LogP contribution >= 0.6 is 0 Å². The van der Waals surface area contributed by atoms with Crippen LogP contribution in [0.4, 0.5) is 0 Å². The van der Waals surface area contributed by atoms with Gasteiger partial charge in [-0.05, 0) is 49.6 Å². The molecule has 2 aromatic carbocycles. The molecule has 138 valence electrons. The number of nitrogens with one attached hydrogen (secondary N) is 2. The predicted molar refractivity (Wildman–Crippen MR) is 101 cm³/mol. The van der Waals surface area contributed by atoms with Crippen LogP contribution in [-0.4, -0.2) is 20.4 Å². The van der Waals surface area contributed by atoms with Crippen LogP contribution < -0.4 is 10.0 Å². The third-order valence-electron chi connectivity index (χ3n) is 4.64. The summed E-state index contributed by atoms with van der Waals surface area (Å²) in [5.74, 6) is -0.223. The normalized spacial score (nSPS) is 15.1. The number of amides is 1. The highest BCUT2D eigenvalue weighted by Gasteiger charge is 2.23. The van der Waals surface area contributed by atoms with Crippen molar-refractivity contribution in [3.8, 4) is 0 Å². The Morgan fingerprint density at radius 2 is 1.77 bits per heavy atom. The molecule has 2 N–H and O–H groups in total. The van der Waals surface area contributed by atoms with Crippen LogP contribution in [0.1, 0.15) is 47.2 Å². The lowest BCUT2D eigenvalue weighted by Gasteiger charge is -2.13. The molecule has 0 heterocycles. The largest absolute Gasteiger partial charge is 0.348 e. The van der Waals surface area contributed by atoms with E-state index in [4.69, 9.17) is 0 Å². The first kappa shape index (κ1) is 18.6. The molecule has 0 atom stereocenters. The minimum atomic E-state index is -3.53. The topological polar surface area (TPSA) is 75.3 Å². The summed E-state index contributed by atoms with van der Waals surface area (Å²) in [6, 6.07) is 14.0. The standard InChI is InChI=1S/C20H24N2O3S/c1-15-5-4-6-16(13-15)14-21-20(23)17-9-11-19(12-10-17)26(24,25)22-18-7-2-3-8-18/h4-6,9-13,18,22H,2-3,7-8,14H2,1H3,(H,21,23). The van der Waals surface area contributed by atoms with Crippen molar-refractivity contribution in [2.75, 3.05) is 0 Å². The molecule has 0 spiro atoms. The van der Waals surface area contributed by atoms with Crippen LogP contribution in [0.25, 0.3) is 0 Å². The Hall–Kier alpha value is -2.18. The van der Waals surface area contributed by atoms with E-state index in [0.29, 0.717) is 12.1 Å². The van der Waals surface area contributed by atoms with Crippen LogP contribution in [0, 0.1) is 6.92 Å². The molecule has 1 amide bonds. The van der Waals surface area contributed by atoms with Gasteiger partial charge >= 0.3 is 0 Å². The van der Waals surface area contributed by atoms with E-state index >= 15 is 0 Å². The third kappa shape index (κ3) is 4.71. The van der Waals surface area contributed by atoms with Crippen molar-refractivity contribution in [2.45, 2.75) is 50.1 Å². The number of rotatable bonds is 6. The molecule has 3 rings (SSSR count). The number of hydrogen-bond acceptors (Lipinski definition) is 3. The van der Waals surface area contributed by atoms with Crippen LogP contribution in [0.2, 0.25) is 0 Å². The van der Waals surface area contributed by atoms with E-state index < -0.39 is 10.0 Å². The molecule has 1 aliphatic carbocycles. The van der Waals surface area contributed by atoms with E-state index in [1.165, 1.54) is 12.1 Å². The summed E-state index contributed by atoms with van der Waals surface area (Å²) in [5, 5.41) is 2.86. The summed E-state index contributed by atoms with van der Waals surface area (Å²) in [4.78, 5) is 12.5. The summed E-state index contributed by atoms with van der Waals surface area (Å²) in [6.45, 7) is 2.44. The van der Waals surface area contributed by atoms with Crippen molar-refractivity contribution in [1.29, 1.82) is 0 Å². The molecule has 0 radical (unpaired) electrons. The smallest absolute Gasteiger partial charge is 0.251 e. The highest BCUT2D eigenvalue weighted by atomic mass is 32.2. The Kier molecular flexibility index (Phi) is 5.74. The maximum Gasteiger partial charge on any atom is 0.251 e. The third-order valence-corrected chi connectivity index (χ3v) is 6.18. The van der Waals surface area contributed by atoms with Crippen molar-refractivity contribution in [2.24, 2.45) is 0 Å². The van der Waals surface area contributed by atoms with Crippen molar-refractivity contribution in [3.63, 3.8) is 0 Å². The molecule has 5 nitrogen and oxygen atoms in total. The quantitative estimate of drug-likeness (QED) is 0.818. The van der Waals surface area contributed by atoms with Gasteiger partial charge in [-0.3, -0.25) is 4.79 Å². The zero-order valence-corrected chi connectivity index (χ0v) is 15.7. The molecule has 2 aromatic rings. The number of aryl methyl sites for hydroxylation is 1. The van der Waals surface area contributed by atoms with Crippen molar-refractivity contribution in [1.82, 2.24) is 10.0 Å². The number of carbonyl (C=O) groups excluding carboxylic acids is 1. The molecule has 1 aliphatic rings. The average Bonchev–Trinajstić information content (AvgIpc) is 3.12. The van der Waals surface area contributed by atoms with Gasteiger partial charge in [-0.1, -0.05) is 42.7 Å². The molecule has 0 saturated heterocycles. The fourth-order valence-corrected chi connectivity index (χ4v) is 4.53. The van der Waals surface area contributed by atoms with Gasteiger partial charge in [0.05, 0.1) is 4.90 Å². The van der Waals surface area contributed by atoms with Crippen LogP contribution in [0.15, 0.2) is 53.4 Å². The highest BCUT2D eigenvalue weighted by molar-refractivity contribution is 7.89. The Labute approximate surface area is 154 Å². The Balaban J connectivity index is 1.62. The first-order chi connectivity index (χ1) is 12.4. The SMILES string of the molecule is Cc1cccc(CNC(=O)c2ccc(S(=O)(=O)NC3CCCC3)cc2)c1. The van der Waals surface area contributed by atoms with E-state index in [0.717, 1.165) is 36.8 Å². The maximum absolute atomic E-state index is 12.4. The van der Waals surface area contributed by atoms with Gasteiger partial charge in [-0.2, -0.15) is 0 Å². The fraction of sp³-hybridized carbons (Fsp3) is 0.350. The number of carbonyl (C=O) groups is 1. The summed E-state index contributed by atoms with van der Waals surface area (Å²) >= 11 is 0. The van der Waals surface area contributed by atoms with Gasteiger partial charge in [0, 0.05) is 18.2 Å². The number of hydrogen-bond donors (Lipinski definition) is 2. The first-order valence-electron chi connectivity index (χ1n) is 8.90. The van der Waals surface area contributed by atoms with Crippen LogP contribution in [0.5, 0.6) is 0 Å². The monoisotopic (exact) mass is 372 g/mol. The van der Waals surface area contributed by atoms with E-state index in [1.807, 2.05) is 31.2 Å². The molecular formula is C20H24N2O3S. The molecule has 26 heavy (non-hydrogen) atoms. The first-order valence-corrected chi connectivity index (χ1v) is 10.4. The molecule has 1 saturated carbocycles. The molecule has 0 bridgehead atoms. The lowest BCUT2D eigenvalue weighted by Crippen LogP contribution is -2.32. The summed E-state index contributed by atoms with van der Waals surface area (Å²) in [6.07, 6.45) is 3.90. The molecule has 6 heteroatoms. The molecular weight excluding hydrogens is 348 g/mol. The lowest BCUT2D eigenvalue weighted by atomic mass is 10.1. The number of benzene rings is 2. The Morgan fingerprint density at radius 1 is 1.08 bits per heavy atom. The minimum Gasteiger partial charge on any atom is -0.348 e. The van der Waals surface area contributed by atoms with Crippen LogP contribution in [-0.2, 0) is 16.6 Å². The van der Waals surface area contributed by atoms with Crippen molar-refractivity contribution < 1.29 is 13.2 Å². The van der Waals surface area contributed by atoms with Gasteiger partial charge in [-0.15, -0.1) is 0 Å². The number of sulfonamides is 1.